The highest BCUT2D eigenvalue weighted by Gasteiger charge is 2.43. The molecule has 0 aliphatic carbocycles. The van der Waals surface area contributed by atoms with Crippen molar-refractivity contribution in [2.45, 2.75) is 23.1 Å². The van der Waals surface area contributed by atoms with Gasteiger partial charge in [-0.1, -0.05) is 47.1 Å². The molecule has 7 heteroatoms. The molecule has 3 heterocycles. The fourth-order valence-electron chi connectivity index (χ4n) is 3.14. The Labute approximate surface area is 159 Å². The molecule has 2 atom stereocenters. The van der Waals surface area contributed by atoms with Crippen LogP contribution in [0.15, 0.2) is 53.8 Å². The van der Waals surface area contributed by atoms with Gasteiger partial charge in [0.1, 0.15) is 5.65 Å². The van der Waals surface area contributed by atoms with Crippen molar-refractivity contribution in [1.29, 1.82) is 0 Å². The lowest BCUT2D eigenvalue weighted by atomic mass is 9.98. The Morgan fingerprint density at radius 2 is 2.04 bits per heavy atom. The Balaban J connectivity index is 1.61. The molecule has 4 nitrogen and oxygen atoms in total. The maximum atomic E-state index is 6.93. The van der Waals surface area contributed by atoms with Crippen LogP contribution in [-0.2, 0) is 12.8 Å². The van der Waals surface area contributed by atoms with E-state index in [0.717, 1.165) is 23.0 Å². The number of nitrogens with one attached hydrogen (secondary N) is 1. The number of alkyl halides is 1. The van der Waals surface area contributed by atoms with Crippen LogP contribution >= 0.6 is 35.0 Å². The molecular formula is C18H16Cl2N4S. The van der Waals surface area contributed by atoms with Crippen molar-refractivity contribution in [3.8, 4) is 0 Å². The van der Waals surface area contributed by atoms with Gasteiger partial charge < -0.3 is 10.7 Å². The van der Waals surface area contributed by atoms with Crippen molar-refractivity contribution < 1.29 is 0 Å². The number of pyridine rings is 1. The summed E-state index contributed by atoms with van der Waals surface area (Å²) in [5.74, 6) is 0. The van der Waals surface area contributed by atoms with Gasteiger partial charge in [-0.15, -0.1) is 0 Å². The lowest BCUT2D eigenvalue weighted by Crippen LogP contribution is -2.33. The highest BCUT2D eigenvalue weighted by atomic mass is 35.5. The predicted molar refractivity (Wildman–Crippen MR) is 107 cm³/mol. The fourth-order valence-corrected chi connectivity index (χ4v) is 4.86. The molecule has 0 bridgehead atoms. The van der Waals surface area contributed by atoms with Gasteiger partial charge >= 0.3 is 0 Å². The van der Waals surface area contributed by atoms with Gasteiger partial charge in [0, 0.05) is 29.2 Å². The summed E-state index contributed by atoms with van der Waals surface area (Å²) in [4.78, 5) is 11.3. The normalized spacial score (nSPS) is 23.1. The number of aromatic nitrogens is 2. The van der Waals surface area contributed by atoms with Gasteiger partial charge in [0.25, 0.3) is 0 Å². The lowest BCUT2D eigenvalue weighted by Gasteiger charge is -2.26. The summed E-state index contributed by atoms with van der Waals surface area (Å²) in [5.41, 5.74) is 9.15. The number of thioether (sulfide) groups is 1. The van der Waals surface area contributed by atoms with Crippen LogP contribution in [0.2, 0.25) is 5.02 Å². The van der Waals surface area contributed by atoms with Crippen molar-refractivity contribution in [3.63, 3.8) is 0 Å². The number of aliphatic imine (C=N–C) groups is 1. The van der Waals surface area contributed by atoms with Gasteiger partial charge in [-0.25, -0.2) is 9.98 Å². The van der Waals surface area contributed by atoms with E-state index in [2.05, 4.69) is 21.0 Å². The quantitative estimate of drug-likeness (QED) is 0.513. The van der Waals surface area contributed by atoms with Crippen LogP contribution in [-0.4, -0.2) is 25.4 Å². The van der Waals surface area contributed by atoms with Crippen molar-refractivity contribution in [3.05, 3.63) is 64.9 Å². The highest BCUT2D eigenvalue weighted by Crippen LogP contribution is 2.42. The first-order chi connectivity index (χ1) is 12.0. The highest BCUT2D eigenvalue weighted by molar-refractivity contribution is 8.14. The number of fused-ring (bicyclic) bond motifs is 1. The number of hydrogen-bond donors (Lipinski definition) is 2. The van der Waals surface area contributed by atoms with Crippen LogP contribution in [0.4, 0.5) is 0 Å². The van der Waals surface area contributed by atoms with Crippen LogP contribution < -0.4 is 5.73 Å². The molecule has 3 aromatic rings. The largest absolute Gasteiger partial charge is 0.378 e. The molecule has 25 heavy (non-hydrogen) atoms. The summed E-state index contributed by atoms with van der Waals surface area (Å²) in [6.07, 6.45) is 5.13. The van der Waals surface area contributed by atoms with Crippen molar-refractivity contribution in [2.24, 2.45) is 10.7 Å². The smallest absolute Gasteiger partial charge is 0.156 e. The third kappa shape index (κ3) is 3.36. The van der Waals surface area contributed by atoms with E-state index in [-0.39, 0.29) is 5.25 Å². The molecule has 3 N–H and O–H groups in total. The third-order valence-electron chi connectivity index (χ3n) is 4.36. The van der Waals surface area contributed by atoms with Gasteiger partial charge in [0.15, 0.2) is 10.2 Å². The lowest BCUT2D eigenvalue weighted by molar-refractivity contribution is 0.575. The monoisotopic (exact) mass is 390 g/mol. The molecule has 4 rings (SSSR count). The zero-order valence-corrected chi connectivity index (χ0v) is 15.6. The molecular weight excluding hydrogens is 375 g/mol. The third-order valence-corrected chi connectivity index (χ3v) is 6.40. The summed E-state index contributed by atoms with van der Waals surface area (Å²) >= 11 is 14.4. The second kappa shape index (κ2) is 6.56. The Morgan fingerprint density at radius 3 is 2.84 bits per heavy atom. The molecule has 1 aromatic carbocycles. The maximum absolute atomic E-state index is 6.93. The van der Waals surface area contributed by atoms with Crippen LogP contribution in [0.25, 0.3) is 11.0 Å². The molecule has 0 radical (unpaired) electrons. The number of hydrogen-bond acceptors (Lipinski definition) is 4. The second-order valence-electron chi connectivity index (χ2n) is 6.10. The van der Waals surface area contributed by atoms with E-state index in [1.165, 1.54) is 17.3 Å². The summed E-state index contributed by atoms with van der Waals surface area (Å²) in [6, 6.07) is 11.7. The van der Waals surface area contributed by atoms with Crippen LogP contribution in [0.1, 0.15) is 11.1 Å². The number of rotatable bonds is 4. The minimum absolute atomic E-state index is 0.0454. The SMILES string of the molecule is NC1=NC(Cl)(Cc2ccc(Cl)cc2)C(Cc2c[nH]c3ncccc23)S1. The van der Waals surface area contributed by atoms with E-state index in [0.29, 0.717) is 16.6 Å². The molecule has 0 fully saturated rings. The van der Waals surface area contributed by atoms with Gasteiger partial charge in [-0.2, -0.15) is 0 Å². The number of halogens is 2. The van der Waals surface area contributed by atoms with Gasteiger partial charge in [0.05, 0.1) is 5.25 Å². The van der Waals surface area contributed by atoms with E-state index in [1.807, 2.05) is 36.5 Å². The Kier molecular flexibility index (Phi) is 4.40. The molecule has 0 amide bonds. The maximum Gasteiger partial charge on any atom is 0.156 e. The van der Waals surface area contributed by atoms with Crippen molar-refractivity contribution >= 4 is 51.2 Å². The first kappa shape index (κ1) is 16.8. The predicted octanol–water partition coefficient (Wildman–Crippen LogP) is 4.37. The average Bonchev–Trinajstić information content (AvgIpc) is 3.11. The Morgan fingerprint density at radius 1 is 1.24 bits per heavy atom. The first-order valence-electron chi connectivity index (χ1n) is 7.90. The second-order valence-corrected chi connectivity index (χ2v) is 8.41. The van der Waals surface area contributed by atoms with E-state index in [9.17, 15) is 0 Å². The minimum Gasteiger partial charge on any atom is -0.378 e. The molecule has 128 valence electrons. The standard InChI is InChI=1S/C18H16Cl2N4S/c19-13-5-3-11(4-6-13)9-18(20)15(25-17(21)24-18)8-12-10-23-16-14(12)2-1-7-22-16/h1-7,10,15H,8-9H2,(H2,21,24)(H,22,23). The van der Waals surface area contributed by atoms with E-state index >= 15 is 0 Å². The first-order valence-corrected chi connectivity index (χ1v) is 9.53. The van der Waals surface area contributed by atoms with E-state index in [1.54, 1.807) is 6.20 Å². The minimum atomic E-state index is -0.769. The van der Waals surface area contributed by atoms with E-state index in [4.69, 9.17) is 28.9 Å². The molecule has 2 unspecified atom stereocenters. The molecule has 0 saturated heterocycles. The number of nitrogens with zero attached hydrogens (tertiary/aromatic N) is 2. The van der Waals surface area contributed by atoms with Gasteiger partial charge in [-0.3, -0.25) is 0 Å². The number of aromatic amines is 1. The van der Waals surface area contributed by atoms with Crippen molar-refractivity contribution in [2.75, 3.05) is 0 Å². The van der Waals surface area contributed by atoms with E-state index < -0.39 is 5.00 Å². The van der Waals surface area contributed by atoms with Gasteiger partial charge in [-0.05, 0) is 41.8 Å². The topological polar surface area (TPSA) is 67.1 Å². The number of benzene rings is 1. The molecule has 2 aromatic heterocycles. The van der Waals surface area contributed by atoms with Crippen molar-refractivity contribution in [1.82, 2.24) is 9.97 Å². The van der Waals surface area contributed by atoms with Crippen LogP contribution in [0.5, 0.6) is 0 Å². The summed E-state index contributed by atoms with van der Waals surface area (Å²) in [6.45, 7) is 0. The zero-order valence-electron chi connectivity index (χ0n) is 13.2. The average molecular weight is 391 g/mol. The summed E-state index contributed by atoms with van der Waals surface area (Å²) in [5, 5.41) is 2.40. The summed E-state index contributed by atoms with van der Waals surface area (Å²) in [7, 11) is 0. The number of nitrogens with two attached hydrogens (primary N) is 1. The molecule has 0 saturated carbocycles. The Bertz CT molecular complexity index is 938. The molecule has 1 aliphatic rings. The number of H-pyrrole nitrogens is 1. The van der Waals surface area contributed by atoms with Gasteiger partial charge in [0.2, 0.25) is 0 Å². The summed E-state index contributed by atoms with van der Waals surface area (Å²) < 4.78 is 0. The zero-order chi connectivity index (χ0) is 17.4. The van der Waals surface area contributed by atoms with Crippen LogP contribution in [0, 0.1) is 0 Å². The molecule has 1 aliphatic heterocycles. The fraction of sp³-hybridized carbons (Fsp3) is 0.222. The van der Waals surface area contributed by atoms with Crippen LogP contribution in [0.3, 0.4) is 0 Å². The number of amidine groups is 1. The molecule has 0 spiro atoms. The Hall–Kier alpha value is -1.69.